The highest BCUT2D eigenvalue weighted by Gasteiger charge is 2.34. The third-order valence-corrected chi connectivity index (χ3v) is 8.89. The molecule has 1 aliphatic carbocycles. The SMILES string of the molecule is Cc1nc2cc3nn2c(c1CC(=O)O)N1CCC(C)(CC1)OCCCCCc1cc(F)ccc1CN(C1CC1)C3. The number of aryl methyl sites for hydroxylation is 2. The second-order valence-corrected chi connectivity index (χ2v) is 12.1. The van der Waals surface area contributed by atoms with Crippen LogP contribution in [0.4, 0.5) is 10.2 Å². The van der Waals surface area contributed by atoms with Crippen molar-refractivity contribution < 1.29 is 19.0 Å². The monoisotopic (exact) mass is 549 g/mol. The highest BCUT2D eigenvalue weighted by atomic mass is 19.1. The molecule has 5 heterocycles. The predicted octanol–water partition coefficient (Wildman–Crippen LogP) is 5.07. The van der Waals surface area contributed by atoms with Crippen molar-refractivity contribution in [2.75, 3.05) is 24.6 Å². The first-order chi connectivity index (χ1) is 19.3. The van der Waals surface area contributed by atoms with Gasteiger partial charge in [-0.15, -0.1) is 0 Å². The van der Waals surface area contributed by atoms with Crippen molar-refractivity contribution in [3.63, 3.8) is 0 Å². The molecule has 0 amide bonds. The molecule has 1 saturated carbocycles. The zero-order chi connectivity index (χ0) is 27.9. The summed E-state index contributed by atoms with van der Waals surface area (Å²) in [7, 11) is 0. The molecule has 4 bridgehead atoms. The molecule has 214 valence electrons. The lowest BCUT2D eigenvalue weighted by Crippen LogP contribution is -2.45. The molecule has 2 fully saturated rings. The number of hydrogen-bond donors (Lipinski definition) is 1. The molecule has 2 aromatic heterocycles. The number of carbonyl (C=O) groups is 1. The van der Waals surface area contributed by atoms with Crippen LogP contribution in [0.5, 0.6) is 0 Å². The predicted molar refractivity (Wildman–Crippen MR) is 151 cm³/mol. The number of rotatable bonds is 3. The van der Waals surface area contributed by atoms with E-state index in [0.717, 1.165) is 105 Å². The molecule has 8 nitrogen and oxygen atoms in total. The summed E-state index contributed by atoms with van der Waals surface area (Å²) in [5, 5.41) is 14.8. The number of carboxylic acid groups (broad SMARTS) is 1. The smallest absolute Gasteiger partial charge is 0.308 e. The van der Waals surface area contributed by atoms with Crippen LogP contribution in [-0.2, 0) is 35.5 Å². The standard InChI is InChI=1S/C31H40FN5O3/c1-21-27(18-29(38)39)30-35-13-11-31(2,12-14-35)40-15-5-3-4-6-22-16-24(32)8-7-23(22)19-36(26-9-10-26)20-25-17-28(33-21)37(30)34-25/h7-8,16-17,26H,3-6,9-15,18-20H2,1-2H3,(H,38,39). The number of benzene rings is 1. The summed E-state index contributed by atoms with van der Waals surface area (Å²) in [6.07, 6.45) is 7.85. The maximum atomic E-state index is 14.3. The van der Waals surface area contributed by atoms with Gasteiger partial charge in [-0.2, -0.15) is 9.61 Å². The molecule has 4 aliphatic rings. The fourth-order valence-electron chi connectivity index (χ4n) is 6.35. The molecular formula is C31H40FN5O3. The van der Waals surface area contributed by atoms with Crippen LogP contribution >= 0.6 is 0 Å². The first-order valence-corrected chi connectivity index (χ1v) is 14.8. The Kier molecular flexibility index (Phi) is 7.52. The van der Waals surface area contributed by atoms with E-state index in [4.69, 9.17) is 14.8 Å². The third kappa shape index (κ3) is 5.86. The van der Waals surface area contributed by atoms with Crippen molar-refractivity contribution in [3.8, 4) is 0 Å². The van der Waals surface area contributed by atoms with E-state index in [-0.39, 0.29) is 17.8 Å². The Bertz CT molecular complexity index is 1390. The van der Waals surface area contributed by atoms with E-state index < -0.39 is 5.97 Å². The van der Waals surface area contributed by atoms with Crippen LogP contribution in [0, 0.1) is 12.7 Å². The van der Waals surface area contributed by atoms with Crippen molar-refractivity contribution in [1.29, 1.82) is 0 Å². The number of aromatic nitrogens is 3. The van der Waals surface area contributed by atoms with Crippen molar-refractivity contribution >= 4 is 17.4 Å². The molecular weight excluding hydrogens is 509 g/mol. The van der Waals surface area contributed by atoms with Gasteiger partial charge < -0.3 is 14.7 Å². The lowest BCUT2D eigenvalue weighted by Gasteiger charge is -2.41. The van der Waals surface area contributed by atoms with Gasteiger partial charge in [-0.1, -0.05) is 12.5 Å². The van der Waals surface area contributed by atoms with E-state index in [9.17, 15) is 14.3 Å². The van der Waals surface area contributed by atoms with E-state index in [1.54, 1.807) is 12.1 Å². The Hall–Kier alpha value is -3.04. The van der Waals surface area contributed by atoms with Crippen LogP contribution in [0.25, 0.3) is 5.65 Å². The summed E-state index contributed by atoms with van der Waals surface area (Å²) in [5.74, 6) is -0.206. The van der Waals surface area contributed by atoms with Gasteiger partial charge in [0.25, 0.3) is 0 Å². The third-order valence-electron chi connectivity index (χ3n) is 8.89. The van der Waals surface area contributed by atoms with E-state index in [1.807, 2.05) is 23.6 Å². The molecule has 1 N–H and O–H groups in total. The highest BCUT2D eigenvalue weighted by Crippen LogP contribution is 2.34. The fourth-order valence-corrected chi connectivity index (χ4v) is 6.35. The number of carboxylic acids is 1. The van der Waals surface area contributed by atoms with Gasteiger partial charge in [0.15, 0.2) is 5.65 Å². The topological polar surface area (TPSA) is 83.2 Å². The zero-order valence-corrected chi connectivity index (χ0v) is 23.7. The van der Waals surface area contributed by atoms with Gasteiger partial charge >= 0.3 is 5.97 Å². The minimum Gasteiger partial charge on any atom is -0.481 e. The Morgan fingerprint density at radius 3 is 2.67 bits per heavy atom. The summed E-state index contributed by atoms with van der Waals surface area (Å²) in [6, 6.07) is 7.76. The molecule has 9 heteroatoms. The largest absolute Gasteiger partial charge is 0.481 e. The number of halogens is 1. The lowest BCUT2D eigenvalue weighted by atomic mass is 9.92. The van der Waals surface area contributed by atoms with Crippen molar-refractivity contribution in [2.24, 2.45) is 0 Å². The average molecular weight is 550 g/mol. The van der Waals surface area contributed by atoms with Crippen LogP contribution < -0.4 is 4.90 Å². The van der Waals surface area contributed by atoms with Gasteiger partial charge in [-0.05, 0) is 82.1 Å². The van der Waals surface area contributed by atoms with Crippen molar-refractivity contribution in [3.05, 3.63) is 58.2 Å². The van der Waals surface area contributed by atoms with Gasteiger partial charge in [0.1, 0.15) is 11.6 Å². The molecule has 0 atom stereocenters. The molecule has 1 saturated heterocycles. The first kappa shape index (κ1) is 27.1. The summed E-state index contributed by atoms with van der Waals surface area (Å²) in [6.45, 7) is 7.77. The van der Waals surface area contributed by atoms with Gasteiger partial charge in [0.05, 0.1) is 17.7 Å². The molecule has 7 rings (SSSR count). The van der Waals surface area contributed by atoms with Crippen molar-refractivity contribution in [1.82, 2.24) is 19.5 Å². The normalized spacial score (nSPS) is 20.7. The molecule has 0 spiro atoms. The van der Waals surface area contributed by atoms with Crippen molar-refractivity contribution in [2.45, 2.75) is 96.4 Å². The molecule has 1 aromatic carbocycles. The Labute approximate surface area is 235 Å². The molecule has 3 aromatic rings. The fraction of sp³-hybridized carbons (Fsp3) is 0.581. The van der Waals surface area contributed by atoms with E-state index in [0.29, 0.717) is 19.2 Å². The maximum absolute atomic E-state index is 14.3. The second kappa shape index (κ2) is 11.1. The van der Waals surface area contributed by atoms with Gasteiger partial charge in [0.2, 0.25) is 0 Å². The Morgan fingerprint density at radius 1 is 1.12 bits per heavy atom. The lowest BCUT2D eigenvalue weighted by molar-refractivity contribution is -0.136. The first-order valence-electron chi connectivity index (χ1n) is 14.8. The maximum Gasteiger partial charge on any atom is 0.308 e. The average Bonchev–Trinajstić information content (AvgIpc) is 3.68. The summed E-state index contributed by atoms with van der Waals surface area (Å²) in [5.41, 5.74) is 5.19. The van der Waals surface area contributed by atoms with Crippen LogP contribution in [0.15, 0.2) is 24.3 Å². The van der Waals surface area contributed by atoms with E-state index in [2.05, 4.69) is 16.7 Å². The van der Waals surface area contributed by atoms with Crippen LogP contribution in [-0.4, -0.2) is 61.9 Å². The summed E-state index contributed by atoms with van der Waals surface area (Å²) >= 11 is 0. The number of fused-ring (bicyclic) bond motifs is 9. The minimum atomic E-state index is -0.872. The minimum absolute atomic E-state index is 0.0922. The Morgan fingerprint density at radius 2 is 1.93 bits per heavy atom. The zero-order valence-electron chi connectivity index (χ0n) is 23.7. The molecule has 40 heavy (non-hydrogen) atoms. The molecule has 0 unspecified atom stereocenters. The van der Waals surface area contributed by atoms with Crippen LogP contribution in [0.2, 0.25) is 0 Å². The number of piperidine rings is 1. The second-order valence-electron chi connectivity index (χ2n) is 12.1. The quantitative estimate of drug-likeness (QED) is 0.488. The van der Waals surface area contributed by atoms with Gasteiger partial charge in [-0.25, -0.2) is 9.37 Å². The number of nitrogens with zero attached hydrogens (tertiary/aromatic N) is 5. The highest BCUT2D eigenvalue weighted by molar-refractivity contribution is 5.74. The molecule has 3 aliphatic heterocycles. The summed E-state index contributed by atoms with van der Waals surface area (Å²) in [4.78, 5) is 21.4. The number of hydrogen-bond acceptors (Lipinski definition) is 6. The van der Waals surface area contributed by atoms with Gasteiger partial charge in [-0.3, -0.25) is 9.69 Å². The van der Waals surface area contributed by atoms with Gasteiger partial charge in [0, 0.05) is 56.2 Å². The number of ether oxygens (including phenoxy) is 1. The number of aliphatic carboxylic acids is 1. The Balaban J connectivity index is 1.40. The van der Waals surface area contributed by atoms with E-state index >= 15 is 0 Å². The van der Waals surface area contributed by atoms with Crippen LogP contribution in [0.1, 0.15) is 79.9 Å². The van der Waals surface area contributed by atoms with Crippen LogP contribution in [0.3, 0.4) is 0 Å². The molecule has 0 radical (unpaired) electrons. The number of anilines is 1. The summed E-state index contributed by atoms with van der Waals surface area (Å²) < 4.78 is 22.5. The van der Waals surface area contributed by atoms with E-state index in [1.165, 1.54) is 5.56 Å².